The molecule has 0 spiro atoms. The number of imide groups is 1. The van der Waals surface area contributed by atoms with E-state index in [9.17, 15) is 14.4 Å². The van der Waals surface area contributed by atoms with Crippen LogP contribution in [0, 0.1) is 0 Å². The van der Waals surface area contributed by atoms with E-state index in [1.807, 2.05) is 4.90 Å². The summed E-state index contributed by atoms with van der Waals surface area (Å²) < 4.78 is 16.1. The van der Waals surface area contributed by atoms with Crippen molar-refractivity contribution < 1.29 is 28.6 Å². The van der Waals surface area contributed by atoms with Gasteiger partial charge in [-0.1, -0.05) is 0 Å². The molecule has 1 N–H and O–H groups in total. The van der Waals surface area contributed by atoms with Crippen LogP contribution in [-0.2, 0) is 14.2 Å². The summed E-state index contributed by atoms with van der Waals surface area (Å²) in [6, 6.07) is 0. The summed E-state index contributed by atoms with van der Waals surface area (Å²) in [5, 5.41) is 2.67. The van der Waals surface area contributed by atoms with Crippen molar-refractivity contribution in [3.63, 3.8) is 0 Å². The fourth-order valence-electron chi connectivity index (χ4n) is 2.71. The van der Waals surface area contributed by atoms with Crippen molar-refractivity contribution in [3.8, 4) is 0 Å². The van der Waals surface area contributed by atoms with E-state index in [4.69, 9.17) is 14.2 Å². The number of carbonyl (C=O) groups excluding carboxylic acids is 3. The molecule has 1 heterocycles. The smallest absolute Gasteiger partial charge is 0.421 e. The Morgan fingerprint density at radius 3 is 1.72 bits per heavy atom. The Hall–Kier alpha value is -2.03. The highest BCUT2D eigenvalue weighted by Gasteiger charge is 2.41. The van der Waals surface area contributed by atoms with Crippen LogP contribution in [0.2, 0.25) is 0 Å². The van der Waals surface area contributed by atoms with Crippen molar-refractivity contribution in [3.05, 3.63) is 0 Å². The molecular formula is C20H37N3O6. The van der Waals surface area contributed by atoms with Crippen LogP contribution >= 0.6 is 0 Å². The zero-order chi connectivity index (χ0) is 22.6. The van der Waals surface area contributed by atoms with Crippen LogP contribution in [0.4, 0.5) is 14.4 Å². The van der Waals surface area contributed by atoms with Gasteiger partial charge in [0.05, 0.1) is 6.67 Å². The van der Waals surface area contributed by atoms with Gasteiger partial charge < -0.3 is 19.5 Å². The SMILES string of the molecule is CC(C)(C)OC(=O)NCN1CCCC1N(C(=O)OC(C)(C)C)C(=O)OC(C)(C)C. The van der Waals surface area contributed by atoms with E-state index in [1.54, 1.807) is 62.3 Å². The van der Waals surface area contributed by atoms with Gasteiger partial charge in [-0.3, -0.25) is 4.90 Å². The Morgan fingerprint density at radius 1 is 0.862 bits per heavy atom. The third-order valence-corrected chi connectivity index (χ3v) is 3.63. The van der Waals surface area contributed by atoms with Gasteiger partial charge in [0, 0.05) is 6.54 Å². The molecule has 0 radical (unpaired) electrons. The molecule has 0 aliphatic carbocycles. The number of ether oxygens (including phenoxy) is 3. The van der Waals surface area contributed by atoms with Crippen LogP contribution in [0.25, 0.3) is 0 Å². The molecule has 1 aliphatic rings. The van der Waals surface area contributed by atoms with Crippen LogP contribution in [0.15, 0.2) is 0 Å². The first-order valence-corrected chi connectivity index (χ1v) is 9.94. The first-order chi connectivity index (χ1) is 13.0. The van der Waals surface area contributed by atoms with Crippen LogP contribution in [-0.4, -0.2) is 64.3 Å². The van der Waals surface area contributed by atoms with Crippen LogP contribution in [0.5, 0.6) is 0 Å². The fraction of sp³-hybridized carbons (Fsp3) is 0.850. The van der Waals surface area contributed by atoms with Gasteiger partial charge in [-0.25, -0.2) is 14.4 Å². The average Bonchev–Trinajstić information content (AvgIpc) is 2.87. The van der Waals surface area contributed by atoms with Crippen molar-refractivity contribution >= 4 is 18.3 Å². The molecule has 1 unspecified atom stereocenters. The molecule has 1 atom stereocenters. The highest BCUT2D eigenvalue weighted by molar-refractivity contribution is 5.88. The first kappa shape index (κ1) is 25.0. The number of likely N-dealkylation sites (tertiary alicyclic amines) is 1. The maximum Gasteiger partial charge on any atom is 0.421 e. The lowest BCUT2D eigenvalue weighted by Crippen LogP contribution is -2.55. The highest BCUT2D eigenvalue weighted by Crippen LogP contribution is 2.25. The van der Waals surface area contributed by atoms with E-state index in [0.717, 1.165) is 11.3 Å². The number of amides is 3. The molecule has 1 rings (SSSR count). The summed E-state index contributed by atoms with van der Waals surface area (Å²) in [6.45, 7) is 16.4. The predicted molar refractivity (Wildman–Crippen MR) is 108 cm³/mol. The molecule has 0 aromatic heterocycles. The Morgan fingerprint density at radius 2 is 1.31 bits per heavy atom. The number of hydrogen-bond donors (Lipinski definition) is 1. The minimum Gasteiger partial charge on any atom is -0.444 e. The standard InChI is InChI=1S/C20H37N3O6/c1-18(2,3)27-15(24)21-13-22-12-10-11-14(22)23(16(25)28-19(4,5)6)17(26)29-20(7,8)9/h14H,10-13H2,1-9H3,(H,21,24). The summed E-state index contributed by atoms with van der Waals surface area (Å²) in [5.41, 5.74) is -2.15. The summed E-state index contributed by atoms with van der Waals surface area (Å²) >= 11 is 0. The Bertz CT molecular complexity index is 573. The molecule has 1 saturated heterocycles. The highest BCUT2D eigenvalue weighted by atomic mass is 16.6. The summed E-state index contributed by atoms with van der Waals surface area (Å²) in [7, 11) is 0. The van der Waals surface area contributed by atoms with Gasteiger partial charge in [-0.05, 0) is 75.2 Å². The molecule has 168 valence electrons. The van der Waals surface area contributed by atoms with Gasteiger partial charge >= 0.3 is 18.3 Å². The van der Waals surface area contributed by atoms with Crippen LogP contribution < -0.4 is 5.32 Å². The lowest BCUT2D eigenvalue weighted by Gasteiger charge is -2.35. The Labute approximate surface area is 174 Å². The van der Waals surface area contributed by atoms with Crippen molar-refractivity contribution in [2.45, 2.75) is 98.1 Å². The van der Waals surface area contributed by atoms with Gasteiger partial charge in [-0.15, -0.1) is 0 Å². The fourth-order valence-corrected chi connectivity index (χ4v) is 2.71. The number of nitrogens with one attached hydrogen (secondary N) is 1. The van der Waals surface area contributed by atoms with Crippen molar-refractivity contribution in [2.24, 2.45) is 0 Å². The summed E-state index contributed by atoms with van der Waals surface area (Å²) in [5.74, 6) is 0. The van der Waals surface area contributed by atoms with Crippen LogP contribution in [0.3, 0.4) is 0 Å². The molecule has 0 aromatic rings. The third-order valence-electron chi connectivity index (χ3n) is 3.63. The molecule has 1 aliphatic heterocycles. The van der Waals surface area contributed by atoms with E-state index in [0.29, 0.717) is 13.0 Å². The van der Waals surface area contributed by atoms with Crippen LogP contribution in [0.1, 0.15) is 75.2 Å². The molecule has 1 fully saturated rings. The molecule has 0 aromatic carbocycles. The monoisotopic (exact) mass is 415 g/mol. The largest absolute Gasteiger partial charge is 0.444 e. The molecule has 0 bridgehead atoms. The molecule has 3 amide bonds. The van der Waals surface area contributed by atoms with Crippen molar-refractivity contribution in [2.75, 3.05) is 13.2 Å². The Balaban J connectivity index is 2.95. The molecule has 9 heteroatoms. The lowest BCUT2D eigenvalue weighted by atomic mass is 10.2. The first-order valence-electron chi connectivity index (χ1n) is 9.94. The lowest BCUT2D eigenvalue weighted by molar-refractivity contribution is -0.0241. The van der Waals surface area contributed by atoms with E-state index in [-0.39, 0.29) is 6.67 Å². The number of carbonyl (C=O) groups is 3. The molecule has 9 nitrogen and oxygen atoms in total. The van der Waals surface area contributed by atoms with Crippen molar-refractivity contribution in [1.82, 2.24) is 15.1 Å². The van der Waals surface area contributed by atoms with E-state index >= 15 is 0 Å². The molecular weight excluding hydrogens is 378 g/mol. The van der Waals surface area contributed by atoms with Gasteiger partial charge in [0.2, 0.25) is 0 Å². The van der Waals surface area contributed by atoms with E-state index in [1.165, 1.54) is 0 Å². The number of hydrogen-bond acceptors (Lipinski definition) is 7. The minimum atomic E-state index is -0.777. The normalized spacial score (nSPS) is 18.2. The van der Waals surface area contributed by atoms with Crippen molar-refractivity contribution in [1.29, 1.82) is 0 Å². The maximum atomic E-state index is 12.8. The average molecular weight is 416 g/mol. The zero-order valence-corrected chi connectivity index (χ0v) is 19.2. The minimum absolute atomic E-state index is 0.127. The summed E-state index contributed by atoms with van der Waals surface area (Å²) in [6.07, 6.45) is -1.40. The number of rotatable bonds is 3. The topological polar surface area (TPSA) is 97.4 Å². The van der Waals surface area contributed by atoms with E-state index < -0.39 is 41.2 Å². The number of nitrogens with zero attached hydrogens (tertiary/aromatic N) is 2. The maximum absolute atomic E-state index is 12.8. The van der Waals surface area contributed by atoms with Gasteiger partial charge in [0.1, 0.15) is 23.0 Å². The third kappa shape index (κ3) is 9.34. The predicted octanol–water partition coefficient (Wildman–Crippen LogP) is 4.06. The second-order valence-electron chi connectivity index (χ2n) is 10.1. The zero-order valence-electron chi connectivity index (χ0n) is 19.2. The quantitative estimate of drug-likeness (QED) is 0.694. The van der Waals surface area contributed by atoms with E-state index in [2.05, 4.69) is 5.32 Å². The number of alkyl carbamates (subject to hydrolysis) is 1. The second kappa shape index (κ2) is 9.19. The second-order valence-corrected chi connectivity index (χ2v) is 10.1. The summed E-state index contributed by atoms with van der Waals surface area (Å²) in [4.78, 5) is 40.4. The molecule has 0 saturated carbocycles. The Kier molecular flexibility index (Phi) is 7.93. The molecule has 29 heavy (non-hydrogen) atoms. The van der Waals surface area contributed by atoms with Gasteiger partial charge in [0.25, 0.3) is 0 Å². The van der Waals surface area contributed by atoms with Gasteiger partial charge in [-0.2, -0.15) is 4.90 Å². The van der Waals surface area contributed by atoms with Gasteiger partial charge in [0.15, 0.2) is 0 Å².